The summed E-state index contributed by atoms with van der Waals surface area (Å²) in [7, 11) is 0. The minimum atomic E-state index is -0.690. The number of rotatable bonds is 0. The molecule has 1 aromatic heterocycles. The molecule has 0 amide bonds. The van der Waals surface area contributed by atoms with E-state index in [1.54, 1.807) is 12.4 Å². The third-order valence-electron chi connectivity index (χ3n) is 0.695. The fourth-order valence-electron chi connectivity index (χ4n) is 0.313. The van der Waals surface area contributed by atoms with E-state index in [1.165, 1.54) is 0 Å². The van der Waals surface area contributed by atoms with Crippen molar-refractivity contribution in [2.75, 3.05) is 0 Å². The number of hydrogen-bond acceptors (Lipinski definition) is 4. The number of carbonyl (C=O) groups excluding carboxylic acids is 1. The van der Waals surface area contributed by atoms with Gasteiger partial charge in [0, 0.05) is 19.3 Å². The first-order chi connectivity index (χ1) is 5.27. The molecule has 0 aliphatic rings. The average molecular weight is 155 g/mol. The van der Waals surface area contributed by atoms with Gasteiger partial charge in [0.05, 0.1) is 0 Å². The first-order valence-corrected chi connectivity index (χ1v) is 2.94. The fraction of sp³-hybridized carbons (Fsp3) is 0.143. The van der Waals surface area contributed by atoms with Crippen molar-refractivity contribution in [3.63, 3.8) is 0 Å². The van der Waals surface area contributed by atoms with Gasteiger partial charge in [-0.3, -0.25) is 4.98 Å². The second kappa shape index (κ2) is 6.70. The molecule has 1 rings (SSSR count). The van der Waals surface area contributed by atoms with Crippen molar-refractivity contribution in [1.82, 2.24) is 4.98 Å². The van der Waals surface area contributed by atoms with E-state index in [9.17, 15) is 4.79 Å². The number of hydrogen-bond donors (Lipinski definition) is 1. The van der Waals surface area contributed by atoms with Gasteiger partial charge in [0.2, 0.25) is 0 Å². The maximum Gasteiger partial charge on any atom is 0.339 e. The Balaban J connectivity index is 0.000000187. The smallest absolute Gasteiger partial charge is 0.301 e. The molecule has 1 heterocycles. The zero-order chi connectivity index (χ0) is 8.53. The predicted molar refractivity (Wildman–Crippen MR) is 38.6 cm³/mol. The van der Waals surface area contributed by atoms with Crippen molar-refractivity contribution >= 4 is 5.97 Å². The molecule has 0 unspecified atom stereocenters. The van der Waals surface area contributed by atoms with Crippen LogP contribution in [0.3, 0.4) is 0 Å². The van der Waals surface area contributed by atoms with Crippen LogP contribution in [-0.4, -0.2) is 16.2 Å². The third-order valence-corrected chi connectivity index (χ3v) is 0.695. The molecule has 0 bridgehead atoms. The van der Waals surface area contributed by atoms with E-state index in [1.807, 2.05) is 18.2 Å². The second-order valence-corrected chi connectivity index (χ2v) is 1.61. The Bertz CT molecular complexity index is 161. The summed E-state index contributed by atoms with van der Waals surface area (Å²) >= 11 is 0. The molecule has 0 aliphatic carbocycles. The van der Waals surface area contributed by atoms with Crippen molar-refractivity contribution in [2.45, 2.75) is 6.92 Å². The monoisotopic (exact) mass is 155 g/mol. The largest absolute Gasteiger partial charge is 0.339 e. The van der Waals surface area contributed by atoms with Gasteiger partial charge in [-0.1, -0.05) is 6.07 Å². The van der Waals surface area contributed by atoms with Crippen LogP contribution in [0.25, 0.3) is 0 Å². The lowest BCUT2D eigenvalue weighted by molar-refractivity contribution is -0.231. The van der Waals surface area contributed by atoms with Gasteiger partial charge in [-0.25, -0.2) is 4.79 Å². The van der Waals surface area contributed by atoms with E-state index >= 15 is 0 Å². The molecule has 4 heteroatoms. The summed E-state index contributed by atoms with van der Waals surface area (Å²) in [4.78, 5) is 16.2. The van der Waals surface area contributed by atoms with Gasteiger partial charge < -0.3 is 4.89 Å². The minimum Gasteiger partial charge on any atom is -0.301 e. The summed E-state index contributed by atoms with van der Waals surface area (Å²) in [5, 5.41) is 7.29. The highest BCUT2D eigenvalue weighted by Gasteiger charge is 1.79. The zero-order valence-corrected chi connectivity index (χ0v) is 6.10. The van der Waals surface area contributed by atoms with Gasteiger partial charge in [-0.05, 0) is 12.1 Å². The van der Waals surface area contributed by atoms with Gasteiger partial charge in [0.25, 0.3) is 0 Å². The van der Waals surface area contributed by atoms with Crippen LogP contribution in [-0.2, 0) is 9.68 Å². The highest BCUT2D eigenvalue weighted by atomic mass is 17.1. The molecule has 0 atom stereocenters. The lowest BCUT2D eigenvalue weighted by atomic mass is 10.5. The Labute approximate surface area is 64.4 Å². The second-order valence-electron chi connectivity index (χ2n) is 1.61. The molecular weight excluding hydrogens is 146 g/mol. The molecule has 60 valence electrons. The third kappa shape index (κ3) is 8.58. The fourth-order valence-corrected chi connectivity index (χ4v) is 0.313. The van der Waals surface area contributed by atoms with Crippen LogP contribution in [0.4, 0.5) is 0 Å². The lowest BCUT2D eigenvalue weighted by Gasteiger charge is -1.76. The van der Waals surface area contributed by atoms with Crippen LogP contribution < -0.4 is 0 Å². The molecular formula is C7H9NO3. The number of aromatic nitrogens is 1. The molecule has 1 aromatic rings. The highest BCUT2D eigenvalue weighted by Crippen LogP contribution is 1.73. The lowest BCUT2D eigenvalue weighted by Crippen LogP contribution is -1.89. The zero-order valence-electron chi connectivity index (χ0n) is 6.10. The molecule has 0 spiro atoms. The molecule has 0 aliphatic heterocycles. The van der Waals surface area contributed by atoms with Crippen molar-refractivity contribution in [2.24, 2.45) is 0 Å². The van der Waals surface area contributed by atoms with Crippen molar-refractivity contribution in [1.29, 1.82) is 0 Å². The summed E-state index contributed by atoms with van der Waals surface area (Å²) in [6, 6.07) is 5.72. The van der Waals surface area contributed by atoms with Crippen molar-refractivity contribution in [3.05, 3.63) is 30.6 Å². The summed E-state index contributed by atoms with van der Waals surface area (Å²) in [5.41, 5.74) is 0. The normalized spacial score (nSPS) is 7.45. The average Bonchev–Trinajstić information content (AvgIpc) is 2.09. The van der Waals surface area contributed by atoms with Crippen LogP contribution >= 0.6 is 0 Å². The summed E-state index contributed by atoms with van der Waals surface area (Å²) in [5.74, 6) is -0.690. The quantitative estimate of drug-likeness (QED) is 0.450. The topological polar surface area (TPSA) is 59.4 Å². The van der Waals surface area contributed by atoms with Gasteiger partial charge in [0.15, 0.2) is 0 Å². The van der Waals surface area contributed by atoms with E-state index in [0.717, 1.165) is 6.92 Å². The van der Waals surface area contributed by atoms with Gasteiger partial charge in [0.1, 0.15) is 0 Å². The SMILES string of the molecule is CC(=O)OO.c1ccncc1. The molecule has 0 radical (unpaired) electrons. The van der Waals surface area contributed by atoms with E-state index in [-0.39, 0.29) is 0 Å². The van der Waals surface area contributed by atoms with E-state index in [0.29, 0.717) is 0 Å². The number of nitrogens with zero attached hydrogens (tertiary/aromatic N) is 1. The Morgan fingerprint density at radius 1 is 1.36 bits per heavy atom. The number of pyridine rings is 1. The van der Waals surface area contributed by atoms with Crippen LogP contribution in [0.1, 0.15) is 6.92 Å². The Hall–Kier alpha value is -1.42. The van der Waals surface area contributed by atoms with Crippen LogP contribution in [0.2, 0.25) is 0 Å². The first-order valence-electron chi connectivity index (χ1n) is 2.94. The molecule has 1 N–H and O–H groups in total. The van der Waals surface area contributed by atoms with E-state index in [2.05, 4.69) is 9.87 Å². The molecule has 0 saturated heterocycles. The van der Waals surface area contributed by atoms with E-state index < -0.39 is 5.97 Å². The maximum absolute atomic E-state index is 9.34. The predicted octanol–water partition coefficient (Wildman–Crippen LogP) is 1.10. The molecule has 0 saturated carbocycles. The highest BCUT2D eigenvalue weighted by molar-refractivity contribution is 5.64. The number of carbonyl (C=O) groups is 1. The van der Waals surface area contributed by atoms with Crippen molar-refractivity contribution < 1.29 is 14.9 Å². The van der Waals surface area contributed by atoms with Crippen LogP contribution in [0, 0.1) is 0 Å². The van der Waals surface area contributed by atoms with Gasteiger partial charge in [-0.15, -0.1) is 0 Å². The van der Waals surface area contributed by atoms with Gasteiger partial charge in [-0.2, -0.15) is 5.26 Å². The first kappa shape index (κ1) is 9.58. The summed E-state index contributed by atoms with van der Waals surface area (Å²) < 4.78 is 0. The summed E-state index contributed by atoms with van der Waals surface area (Å²) in [6.07, 6.45) is 3.50. The van der Waals surface area contributed by atoms with Crippen LogP contribution in [0.5, 0.6) is 0 Å². The molecule has 0 aromatic carbocycles. The Morgan fingerprint density at radius 2 is 1.82 bits per heavy atom. The van der Waals surface area contributed by atoms with Gasteiger partial charge >= 0.3 is 5.97 Å². The molecule has 0 fully saturated rings. The minimum absolute atomic E-state index is 0.690. The Morgan fingerprint density at radius 3 is 1.91 bits per heavy atom. The van der Waals surface area contributed by atoms with Crippen molar-refractivity contribution in [3.8, 4) is 0 Å². The standard InChI is InChI=1S/C5H5N.C2H4O3/c1-2-4-6-5-3-1;1-2(3)5-4/h1-5H;4H,1H3. The summed E-state index contributed by atoms with van der Waals surface area (Å²) in [6.45, 7) is 1.11. The molecule has 4 nitrogen and oxygen atoms in total. The van der Waals surface area contributed by atoms with Crippen LogP contribution in [0.15, 0.2) is 30.6 Å². The Kier molecular flexibility index (Phi) is 5.83. The maximum atomic E-state index is 9.34. The van der Waals surface area contributed by atoms with E-state index in [4.69, 9.17) is 5.26 Å². The molecule has 11 heavy (non-hydrogen) atoms.